The summed E-state index contributed by atoms with van der Waals surface area (Å²) in [6, 6.07) is -0.864. The van der Waals surface area contributed by atoms with Crippen molar-refractivity contribution in [3.63, 3.8) is 0 Å². The molecule has 0 heterocycles. The molecule has 9 heteroatoms. The van der Waals surface area contributed by atoms with Gasteiger partial charge in [-0.1, -0.05) is 172 Å². The maximum Gasteiger partial charge on any atom is 0.472 e. The number of aliphatic hydroxyl groups is 1. The van der Waals surface area contributed by atoms with E-state index in [0.717, 1.165) is 51.4 Å². The zero-order chi connectivity index (χ0) is 38.6. The Morgan fingerprint density at radius 2 is 1.08 bits per heavy atom. The molecule has 0 fully saturated rings. The Bertz CT molecular complexity index is 948. The van der Waals surface area contributed by atoms with Gasteiger partial charge in [0.25, 0.3) is 0 Å². The minimum Gasteiger partial charge on any atom is -0.387 e. The van der Waals surface area contributed by atoms with Gasteiger partial charge in [0.05, 0.1) is 39.9 Å². The topological polar surface area (TPSA) is 105 Å². The average Bonchev–Trinajstić information content (AvgIpc) is 3.09. The molecule has 0 aliphatic heterocycles. The minimum absolute atomic E-state index is 0.0542. The van der Waals surface area contributed by atoms with Crippen molar-refractivity contribution in [1.82, 2.24) is 5.32 Å². The summed E-state index contributed by atoms with van der Waals surface area (Å²) in [5, 5.41) is 13.7. The van der Waals surface area contributed by atoms with Crippen LogP contribution in [0.5, 0.6) is 0 Å². The second-order valence-electron chi connectivity index (χ2n) is 15.7. The number of carbonyl (C=O) groups is 1. The van der Waals surface area contributed by atoms with Gasteiger partial charge in [-0.05, 0) is 38.5 Å². The summed E-state index contributed by atoms with van der Waals surface area (Å²) in [7, 11) is 1.54. The van der Waals surface area contributed by atoms with Crippen molar-refractivity contribution in [3.8, 4) is 0 Å². The summed E-state index contributed by atoms with van der Waals surface area (Å²) in [5.41, 5.74) is 0. The molecule has 0 aromatic rings. The van der Waals surface area contributed by atoms with Crippen LogP contribution in [-0.2, 0) is 18.4 Å². The third kappa shape index (κ3) is 37.1. The molecule has 0 bridgehead atoms. The van der Waals surface area contributed by atoms with Crippen molar-refractivity contribution in [1.29, 1.82) is 0 Å². The van der Waals surface area contributed by atoms with Crippen molar-refractivity contribution in [2.75, 3.05) is 40.9 Å². The van der Waals surface area contributed by atoms with Gasteiger partial charge in [0.15, 0.2) is 0 Å². The smallest absolute Gasteiger partial charge is 0.387 e. The first-order valence-electron chi connectivity index (χ1n) is 21.4. The summed E-state index contributed by atoms with van der Waals surface area (Å²) in [5.74, 6) is -0.192. The van der Waals surface area contributed by atoms with Crippen LogP contribution in [0.4, 0.5) is 0 Å². The Morgan fingerprint density at radius 1 is 0.654 bits per heavy atom. The lowest BCUT2D eigenvalue weighted by Crippen LogP contribution is -2.45. The van der Waals surface area contributed by atoms with Gasteiger partial charge >= 0.3 is 7.82 Å². The van der Waals surface area contributed by atoms with Crippen LogP contribution in [0.25, 0.3) is 0 Å². The quantitative estimate of drug-likeness (QED) is 0.0251. The number of likely N-dealkylation sites (N-methyl/N-ethyl adjacent to an activating group) is 1. The number of hydrogen-bond acceptors (Lipinski definition) is 5. The van der Waals surface area contributed by atoms with Crippen LogP contribution < -0.4 is 5.32 Å². The normalized spacial score (nSPS) is 14.8. The van der Waals surface area contributed by atoms with Crippen molar-refractivity contribution in [2.45, 2.75) is 193 Å². The van der Waals surface area contributed by atoms with Gasteiger partial charge in [-0.2, -0.15) is 0 Å². The van der Waals surface area contributed by atoms with E-state index in [4.69, 9.17) is 9.05 Å². The van der Waals surface area contributed by atoms with Gasteiger partial charge in [0.2, 0.25) is 5.91 Å². The van der Waals surface area contributed by atoms with E-state index in [1.54, 1.807) is 6.08 Å². The van der Waals surface area contributed by atoms with Crippen LogP contribution in [0.1, 0.15) is 181 Å². The van der Waals surface area contributed by atoms with E-state index >= 15 is 0 Å². The number of carbonyl (C=O) groups excluding carboxylic acids is 1. The molecule has 3 atom stereocenters. The number of hydrogen-bond donors (Lipinski definition) is 3. The molecule has 8 nitrogen and oxygen atoms in total. The average molecular weight is 756 g/mol. The highest BCUT2D eigenvalue weighted by molar-refractivity contribution is 7.47. The molecule has 3 unspecified atom stereocenters. The Labute approximate surface area is 321 Å². The monoisotopic (exact) mass is 756 g/mol. The Kier molecular flexibility index (Phi) is 34.6. The van der Waals surface area contributed by atoms with Gasteiger partial charge in [-0.25, -0.2) is 4.57 Å². The van der Waals surface area contributed by atoms with E-state index < -0.39 is 20.0 Å². The summed E-state index contributed by atoms with van der Waals surface area (Å²) in [6.45, 7) is 4.66. The van der Waals surface area contributed by atoms with E-state index in [1.807, 2.05) is 27.2 Å². The highest BCUT2D eigenvalue weighted by Crippen LogP contribution is 2.43. The largest absolute Gasteiger partial charge is 0.472 e. The second kappa shape index (κ2) is 35.4. The Morgan fingerprint density at radius 3 is 1.52 bits per heavy atom. The molecule has 52 heavy (non-hydrogen) atoms. The van der Waals surface area contributed by atoms with Crippen LogP contribution in [0.2, 0.25) is 0 Å². The minimum atomic E-state index is -4.34. The number of nitrogens with one attached hydrogen (secondary N) is 1. The lowest BCUT2D eigenvalue weighted by atomic mass is 10.0. The van der Waals surface area contributed by atoms with Crippen molar-refractivity contribution < 1.29 is 32.9 Å². The molecule has 0 saturated carbocycles. The first-order chi connectivity index (χ1) is 25.0. The maximum absolute atomic E-state index is 12.8. The van der Waals surface area contributed by atoms with Crippen LogP contribution in [0.15, 0.2) is 36.5 Å². The molecule has 0 radical (unpaired) electrons. The van der Waals surface area contributed by atoms with Gasteiger partial charge in [-0.3, -0.25) is 13.8 Å². The summed E-state index contributed by atoms with van der Waals surface area (Å²) in [4.78, 5) is 23.0. The predicted molar refractivity (Wildman–Crippen MR) is 221 cm³/mol. The van der Waals surface area contributed by atoms with Crippen molar-refractivity contribution in [3.05, 3.63) is 36.5 Å². The highest BCUT2D eigenvalue weighted by Gasteiger charge is 2.27. The van der Waals surface area contributed by atoms with Gasteiger partial charge in [0.1, 0.15) is 13.2 Å². The molecule has 0 spiro atoms. The number of quaternary nitrogens is 1. The van der Waals surface area contributed by atoms with Crippen LogP contribution >= 0.6 is 7.82 Å². The molecular formula is C43H84N2O6P+. The first kappa shape index (κ1) is 50.7. The molecule has 0 rings (SSSR count). The fourth-order valence-corrected chi connectivity index (χ4v) is 6.70. The van der Waals surface area contributed by atoms with Crippen molar-refractivity contribution in [2.24, 2.45) is 0 Å². The fraction of sp³-hybridized carbons (Fsp3) is 0.837. The second-order valence-corrected chi connectivity index (χ2v) is 17.1. The Hall–Kier alpha value is -1.28. The molecule has 0 aliphatic rings. The molecule has 3 N–H and O–H groups in total. The maximum atomic E-state index is 12.8. The van der Waals surface area contributed by atoms with E-state index in [1.165, 1.54) is 109 Å². The molecule has 1 amide bonds. The zero-order valence-electron chi connectivity index (χ0n) is 34.5. The Balaban J connectivity index is 4.32. The number of amides is 1. The van der Waals surface area contributed by atoms with E-state index in [0.29, 0.717) is 17.4 Å². The van der Waals surface area contributed by atoms with Gasteiger partial charge < -0.3 is 19.8 Å². The number of aliphatic hydroxyl groups excluding tert-OH is 1. The lowest BCUT2D eigenvalue weighted by molar-refractivity contribution is -0.870. The fourth-order valence-electron chi connectivity index (χ4n) is 5.96. The summed E-state index contributed by atoms with van der Waals surface area (Å²) in [6.07, 6.45) is 42.3. The standard InChI is InChI=1S/C43H83N2O6P/c1-6-8-10-12-14-16-18-19-20-21-22-23-24-25-26-27-29-31-33-35-37-43(47)44-41(40-51-52(48,49)50-39-38-45(3,4)5)42(46)36-34-32-30-28-17-15-13-11-9-7-2/h9,11,17,28,34,36,41-42,46H,6-8,10,12-16,18-27,29-33,35,37-40H2,1-5H3,(H-,44,47,48,49)/p+1/b11-9+,28-17+,36-34+. The van der Waals surface area contributed by atoms with Gasteiger partial charge in [-0.15, -0.1) is 0 Å². The summed E-state index contributed by atoms with van der Waals surface area (Å²) >= 11 is 0. The van der Waals surface area contributed by atoms with Gasteiger partial charge in [0, 0.05) is 6.42 Å². The van der Waals surface area contributed by atoms with Crippen LogP contribution in [0.3, 0.4) is 0 Å². The number of unbranched alkanes of at least 4 members (excludes halogenated alkanes) is 21. The van der Waals surface area contributed by atoms with Crippen molar-refractivity contribution >= 4 is 13.7 Å². The molecule has 0 aliphatic carbocycles. The number of phosphoric ester groups is 1. The predicted octanol–water partition coefficient (Wildman–Crippen LogP) is 11.5. The third-order valence-corrected chi connectivity index (χ3v) is 10.3. The molecular weight excluding hydrogens is 671 g/mol. The molecule has 306 valence electrons. The van der Waals surface area contributed by atoms with Crippen LogP contribution in [0, 0.1) is 0 Å². The molecule has 0 saturated heterocycles. The summed E-state index contributed by atoms with van der Waals surface area (Å²) < 4.78 is 23.4. The zero-order valence-corrected chi connectivity index (χ0v) is 35.4. The van der Waals surface area contributed by atoms with E-state index in [-0.39, 0.29) is 19.1 Å². The molecule has 0 aromatic carbocycles. The highest BCUT2D eigenvalue weighted by atomic mass is 31.2. The molecule has 0 aromatic heterocycles. The number of allylic oxidation sites excluding steroid dienone is 5. The number of nitrogens with zero attached hydrogens (tertiary/aromatic N) is 1. The SMILES string of the molecule is CC/C=C/CC/C=C/CC/C=C/C(O)C(COP(=O)(O)OCC[N+](C)(C)C)NC(=O)CCCCCCCCCCCCCCCCCCCCCC. The number of rotatable bonds is 38. The van der Waals surface area contributed by atoms with E-state index in [2.05, 4.69) is 43.5 Å². The van der Waals surface area contributed by atoms with E-state index in [9.17, 15) is 19.4 Å². The third-order valence-electron chi connectivity index (χ3n) is 9.35. The number of phosphoric acid groups is 1. The lowest BCUT2D eigenvalue weighted by Gasteiger charge is -2.25. The van der Waals surface area contributed by atoms with Crippen LogP contribution in [-0.4, -0.2) is 73.4 Å². The first-order valence-corrected chi connectivity index (χ1v) is 22.9.